The molecule has 2 heterocycles. The van der Waals surface area contributed by atoms with E-state index in [-0.39, 0.29) is 23.3 Å². The fourth-order valence-electron chi connectivity index (χ4n) is 4.11. The molecule has 0 radical (unpaired) electrons. The minimum absolute atomic E-state index is 0.00794. The van der Waals surface area contributed by atoms with Crippen LogP contribution in [-0.4, -0.2) is 25.3 Å². The molecule has 1 atom stereocenters. The number of anilines is 1. The normalized spacial score (nSPS) is 15.9. The van der Waals surface area contributed by atoms with E-state index in [0.29, 0.717) is 41.2 Å². The van der Waals surface area contributed by atoms with Crippen molar-refractivity contribution in [2.24, 2.45) is 5.14 Å². The second-order valence-corrected chi connectivity index (χ2v) is 11.1. The van der Waals surface area contributed by atoms with Gasteiger partial charge in [0.15, 0.2) is 0 Å². The Morgan fingerprint density at radius 2 is 1.86 bits per heavy atom. The molecule has 0 spiro atoms. The van der Waals surface area contributed by atoms with Crippen molar-refractivity contribution >= 4 is 32.3 Å². The van der Waals surface area contributed by atoms with Gasteiger partial charge in [-0.2, -0.15) is 5.26 Å². The predicted molar refractivity (Wildman–Crippen MR) is 128 cm³/mol. The first kappa shape index (κ1) is 24.9. The lowest BCUT2D eigenvalue weighted by Crippen LogP contribution is -2.37. The number of thiophene rings is 1. The van der Waals surface area contributed by atoms with E-state index in [1.165, 1.54) is 47.7 Å². The molecule has 0 bridgehead atoms. The molecular formula is C24H22F2N4O3S2. The Morgan fingerprint density at radius 3 is 2.46 bits per heavy atom. The minimum Gasteiger partial charge on any atom is -0.316 e. The van der Waals surface area contributed by atoms with Crippen molar-refractivity contribution in [1.29, 1.82) is 5.26 Å². The predicted octanol–water partition coefficient (Wildman–Crippen LogP) is 3.67. The molecule has 35 heavy (non-hydrogen) atoms. The summed E-state index contributed by atoms with van der Waals surface area (Å²) >= 11 is 1.35. The Labute approximate surface area is 205 Å². The molecule has 1 unspecified atom stereocenters. The molecule has 3 N–H and O–H groups in total. The van der Waals surface area contributed by atoms with Crippen LogP contribution in [0.5, 0.6) is 0 Å². The summed E-state index contributed by atoms with van der Waals surface area (Å²) in [5.74, 6) is -1.62. The van der Waals surface area contributed by atoms with Gasteiger partial charge in [0.25, 0.3) is 0 Å². The summed E-state index contributed by atoms with van der Waals surface area (Å²) in [7, 11) is -3.82. The van der Waals surface area contributed by atoms with Gasteiger partial charge in [-0.05, 0) is 48.7 Å². The molecule has 1 aromatic heterocycles. The summed E-state index contributed by atoms with van der Waals surface area (Å²) in [6.07, 6.45) is 0.628. The molecular weight excluding hydrogens is 494 g/mol. The number of hydrogen-bond acceptors (Lipinski definition) is 6. The van der Waals surface area contributed by atoms with Gasteiger partial charge in [0.2, 0.25) is 15.9 Å². The molecule has 2 aromatic carbocycles. The van der Waals surface area contributed by atoms with Crippen LogP contribution in [0.1, 0.15) is 34.1 Å². The maximum absolute atomic E-state index is 13.6. The van der Waals surface area contributed by atoms with Crippen LogP contribution in [0.3, 0.4) is 0 Å². The summed E-state index contributed by atoms with van der Waals surface area (Å²) in [5, 5.41) is 18.2. The number of nitrogens with zero attached hydrogens (tertiary/aromatic N) is 2. The number of sulfonamides is 1. The van der Waals surface area contributed by atoms with Crippen LogP contribution in [0.4, 0.5) is 13.8 Å². The van der Waals surface area contributed by atoms with Crippen molar-refractivity contribution in [3.05, 3.63) is 81.2 Å². The van der Waals surface area contributed by atoms with E-state index >= 15 is 0 Å². The fraction of sp³-hybridized carbons (Fsp3) is 0.250. The third kappa shape index (κ3) is 5.74. The number of halogens is 2. The molecule has 0 aliphatic carbocycles. The van der Waals surface area contributed by atoms with Gasteiger partial charge in [0, 0.05) is 35.6 Å². The highest BCUT2D eigenvalue weighted by atomic mass is 32.2. The molecule has 1 aliphatic rings. The summed E-state index contributed by atoms with van der Waals surface area (Å²) < 4.78 is 50.0. The van der Waals surface area contributed by atoms with Crippen LogP contribution in [-0.2, 0) is 40.7 Å². The molecule has 11 heteroatoms. The van der Waals surface area contributed by atoms with E-state index in [1.54, 1.807) is 0 Å². The average molecular weight is 517 g/mol. The number of fused-ring (bicyclic) bond motifs is 1. The van der Waals surface area contributed by atoms with Gasteiger partial charge in [-0.25, -0.2) is 22.3 Å². The van der Waals surface area contributed by atoms with Gasteiger partial charge >= 0.3 is 0 Å². The Balaban J connectivity index is 1.49. The number of hydrogen-bond donors (Lipinski definition) is 2. The summed E-state index contributed by atoms with van der Waals surface area (Å²) in [6.45, 7) is 2.75. The van der Waals surface area contributed by atoms with Crippen molar-refractivity contribution in [1.82, 2.24) is 4.90 Å². The maximum atomic E-state index is 13.6. The van der Waals surface area contributed by atoms with Gasteiger partial charge in [-0.1, -0.05) is 12.1 Å². The topological polar surface area (TPSA) is 116 Å². The van der Waals surface area contributed by atoms with Crippen LogP contribution in [0.2, 0.25) is 0 Å². The number of nitriles is 1. The first-order chi connectivity index (χ1) is 16.5. The third-order valence-electron chi connectivity index (χ3n) is 5.85. The first-order valence-corrected chi connectivity index (χ1v) is 13.0. The number of nitrogens with two attached hydrogens (primary N) is 1. The van der Waals surface area contributed by atoms with E-state index in [2.05, 4.69) is 11.4 Å². The smallest absolute Gasteiger partial charge is 0.238 e. The standard InChI is InChI=1S/C24H22F2N4O3S2/c1-14-6-22-21(13-30(14)12-16-7-17(25)10-18(26)8-16)20(11-27)24(34-22)29-23(31)9-15-2-4-19(5-3-15)35(28,32)33/h2-5,7-8,10,14H,6,9,12-13H2,1H3,(H,29,31)(H2,28,32,33). The Morgan fingerprint density at radius 1 is 1.20 bits per heavy atom. The second kappa shape index (κ2) is 9.83. The van der Waals surface area contributed by atoms with E-state index in [0.717, 1.165) is 16.5 Å². The van der Waals surface area contributed by atoms with E-state index in [4.69, 9.17) is 5.14 Å². The largest absolute Gasteiger partial charge is 0.316 e. The lowest BCUT2D eigenvalue weighted by molar-refractivity contribution is -0.115. The van der Waals surface area contributed by atoms with Crippen LogP contribution in [0.15, 0.2) is 47.4 Å². The van der Waals surface area contributed by atoms with Crippen molar-refractivity contribution in [2.75, 3.05) is 5.32 Å². The van der Waals surface area contributed by atoms with Crippen LogP contribution < -0.4 is 10.5 Å². The molecule has 0 fully saturated rings. The average Bonchev–Trinajstić information content (AvgIpc) is 3.08. The zero-order valence-corrected chi connectivity index (χ0v) is 20.3. The highest BCUT2D eigenvalue weighted by molar-refractivity contribution is 7.89. The Kier molecular flexibility index (Phi) is 7.00. The Hall–Kier alpha value is -3.17. The molecule has 182 valence electrons. The lowest BCUT2D eigenvalue weighted by Gasteiger charge is -2.33. The molecule has 1 amide bonds. The van der Waals surface area contributed by atoms with Gasteiger partial charge < -0.3 is 5.32 Å². The highest BCUT2D eigenvalue weighted by Crippen LogP contribution is 2.38. The second-order valence-electron chi connectivity index (χ2n) is 8.47. The minimum atomic E-state index is -3.82. The lowest BCUT2D eigenvalue weighted by atomic mass is 9.99. The van der Waals surface area contributed by atoms with Crippen molar-refractivity contribution in [3.63, 3.8) is 0 Å². The number of amides is 1. The number of primary sulfonamides is 1. The number of nitrogens with one attached hydrogen (secondary N) is 1. The number of carbonyl (C=O) groups excluding carboxylic acids is 1. The first-order valence-electron chi connectivity index (χ1n) is 10.7. The van der Waals surface area contributed by atoms with Gasteiger partial charge in [0.05, 0.1) is 16.9 Å². The summed E-state index contributed by atoms with van der Waals surface area (Å²) in [4.78, 5) is 15.6. The molecule has 4 rings (SSSR count). The van der Waals surface area contributed by atoms with E-state index in [1.807, 2.05) is 11.8 Å². The van der Waals surface area contributed by atoms with Crippen molar-refractivity contribution < 1.29 is 22.0 Å². The number of carbonyl (C=O) groups is 1. The van der Waals surface area contributed by atoms with Gasteiger partial charge in [-0.3, -0.25) is 9.69 Å². The Bertz CT molecular complexity index is 1410. The van der Waals surface area contributed by atoms with Crippen LogP contribution in [0.25, 0.3) is 0 Å². The maximum Gasteiger partial charge on any atom is 0.238 e. The molecule has 3 aromatic rings. The van der Waals surface area contributed by atoms with Gasteiger partial charge in [0.1, 0.15) is 22.7 Å². The van der Waals surface area contributed by atoms with E-state index < -0.39 is 21.7 Å². The zero-order valence-electron chi connectivity index (χ0n) is 18.7. The van der Waals surface area contributed by atoms with Crippen LogP contribution >= 0.6 is 11.3 Å². The third-order valence-corrected chi connectivity index (χ3v) is 7.94. The molecule has 0 saturated heterocycles. The van der Waals surface area contributed by atoms with Gasteiger partial charge in [-0.15, -0.1) is 11.3 Å². The monoisotopic (exact) mass is 516 g/mol. The zero-order chi connectivity index (χ0) is 25.3. The quantitative estimate of drug-likeness (QED) is 0.519. The number of benzene rings is 2. The SMILES string of the molecule is CC1Cc2sc(NC(=O)Cc3ccc(S(N)(=O)=O)cc3)c(C#N)c2CN1Cc1cc(F)cc(F)c1. The van der Waals surface area contributed by atoms with Crippen molar-refractivity contribution in [2.45, 2.75) is 43.8 Å². The molecule has 1 aliphatic heterocycles. The van der Waals surface area contributed by atoms with E-state index in [9.17, 15) is 27.3 Å². The summed E-state index contributed by atoms with van der Waals surface area (Å²) in [6, 6.07) is 11.4. The highest BCUT2D eigenvalue weighted by Gasteiger charge is 2.29. The molecule has 0 saturated carbocycles. The number of rotatable bonds is 6. The fourth-order valence-corrected chi connectivity index (χ4v) is 5.92. The van der Waals surface area contributed by atoms with Crippen molar-refractivity contribution in [3.8, 4) is 6.07 Å². The summed E-state index contributed by atoms with van der Waals surface area (Å²) in [5.41, 5.74) is 2.29. The van der Waals surface area contributed by atoms with Crippen LogP contribution in [0, 0.1) is 23.0 Å². The molecule has 7 nitrogen and oxygen atoms in total.